The molecule has 0 spiro atoms. The Balaban J connectivity index is 2.05. The zero-order chi connectivity index (χ0) is 15.6. The number of anilines is 1. The number of aromatic hydroxyl groups is 1. The van der Waals surface area contributed by atoms with Crippen LogP contribution in [0.1, 0.15) is 25.7 Å². The molecule has 21 heavy (non-hydrogen) atoms. The number of carbonyl (C=O) groups is 1. The van der Waals surface area contributed by atoms with E-state index in [1.807, 2.05) is 0 Å². The minimum Gasteiger partial charge on any atom is -0.506 e. The van der Waals surface area contributed by atoms with E-state index in [0.29, 0.717) is 25.7 Å². The van der Waals surface area contributed by atoms with Crippen LogP contribution in [0.2, 0.25) is 0 Å². The predicted molar refractivity (Wildman–Crippen MR) is 77.8 cm³/mol. The van der Waals surface area contributed by atoms with Gasteiger partial charge in [-0.2, -0.15) is 0 Å². The predicted octanol–water partition coefficient (Wildman–Crippen LogP) is 0.297. The number of carbonyl (C=O) groups excluding carboxylic acids is 1. The summed E-state index contributed by atoms with van der Waals surface area (Å²) in [5, 5.41) is 9.33. The number of nitrogens with two attached hydrogens (primary N) is 2. The van der Waals surface area contributed by atoms with Crippen molar-refractivity contribution in [1.29, 1.82) is 0 Å². The van der Waals surface area contributed by atoms with Crippen LogP contribution in [0, 0.1) is 5.92 Å². The lowest BCUT2D eigenvalue weighted by molar-refractivity contribution is -0.122. The Labute approximate surface area is 123 Å². The summed E-state index contributed by atoms with van der Waals surface area (Å²) in [5.74, 6) is -0.659. The van der Waals surface area contributed by atoms with E-state index in [1.165, 1.54) is 18.2 Å². The summed E-state index contributed by atoms with van der Waals surface area (Å²) in [5.41, 5.74) is 10.8. The SMILES string of the molecule is NC(=O)C1CCC(NS(=O)(=O)c2ccc(O)c(N)c2)CC1. The molecular weight excluding hydrogens is 294 g/mol. The van der Waals surface area contributed by atoms with E-state index in [2.05, 4.69) is 4.72 Å². The van der Waals surface area contributed by atoms with Gasteiger partial charge in [0.1, 0.15) is 5.75 Å². The molecule has 1 saturated carbocycles. The van der Waals surface area contributed by atoms with E-state index in [0.717, 1.165) is 0 Å². The molecule has 0 bridgehead atoms. The second-order valence-electron chi connectivity index (χ2n) is 5.29. The molecule has 0 radical (unpaired) electrons. The van der Waals surface area contributed by atoms with E-state index in [4.69, 9.17) is 11.5 Å². The second-order valence-corrected chi connectivity index (χ2v) is 7.01. The number of primary amides is 1. The van der Waals surface area contributed by atoms with Crippen molar-refractivity contribution in [1.82, 2.24) is 4.72 Å². The zero-order valence-electron chi connectivity index (χ0n) is 11.5. The highest BCUT2D eigenvalue weighted by molar-refractivity contribution is 7.89. The van der Waals surface area contributed by atoms with Gasteiger partial charge in [0.15, 0.2) is 0 Å². The number of rotatable bonds is 4. The first kappa shape index (κ1) is 15.6. The van der Waals surface area contributed by atoms with E-state index in [-0.39, 0.29) is 34.2 Å². The van der Waals surface area contributed by atoms with Gasteiger partial charge in [-0.3, -0.25) is 4.79 Å². The Hall–Kier alpha value is -1.80. The van der Waals surface area contributed by atoms with Crippen LogP contribution in [0.25, 0.3) is 0 Å². The van der Waals surface area contributed by atoms with Crippen LogP contribution in [-0.2, 0) is 14.8 Å². The van der Waals surface area contributed by atoms with Crippen molar-refractivity contribution in [2.75, 3.05) is 5.73 Å². The first-order valence-electron chi connectivity index (χ1n) is 6.70. The Morgan fingerprint density at radius 3 is 2.38 bits per heavy atom. The molecule has 0 atom stereocenters. The maximum absolute atomic E-state index is 12.2. The van der Waals surface area contributed by atoms with Gasteiger partial charge >= 0.3 is 0 Å². The highest BCUT2D eigenvalue weighted by Gasteiger charge is 2.28. The molecule has 1 amide bonds. The molecule has 1 fully saturated rings. The van der Waals surface area contributed by atoms with Crippen LogP contribution in [0.15, 0.2) is 23.1 Å². The Morgan fingerprint density at radius 1 is 1.24 bits per heavy atom. The Kier molecular flexibility index (Phi) is 4.38. The summed E-state index contributed by atoms with van der Waals surface area (Å²) in [4.78, 5) is 11.1. The van der Waals surface area contributed by atoms with Crippen molar-refractivity contribution in [3.8, 4) is 5.75 Å². The average Bonchev–Trinajstić information content (AvgIpc) is 2.42. The maximum atomic E-state index is 12.2. The molecule has 7 nitrogen and oxygen atoms in total. The topological polar surface area (TPSA) is 136 Å². The van der Waals surface area contributed by atoms with Crippen LogP contribution < -0.4 is 16.2 Å². The molecule has 0 unspecified atom stereocenters. The van der Waals surface area contributed by atoms with Crippen LogP contribution in [0.4, 0.5) is 5.69 Å². The van der Waals surface area contributed by atoms with Gasteiger partial charge in [-0.1, -0.05) is 0 Å². The first-order chi connectivity index (χ1) is 9.79. The standard InChI is InChI=1S/C13H19N3O4S/c14-11-7-10(5-6-12(11)17)21(19,20)16-9-3-1-8(2-4-9)13(15)18/h5-9,16-17H,1-4,14H2,(H2,15,18). The number of phenols is 1. The number of hydrogen-bond acceptors (Lipinski definition) is 5. The number of sulfonamides is 1. The summed E-state index contributed by atoms with van der Waals surface area (Å²) in [6.07, 6.45) is 2.31. The highest BCUT2D eigenvalue weighted by atomic mass is 32.2. The van der Waals surface area contributed by atoms with Crippen LogP contribution in [0.5, 0.6) is 5.75 Å². The van der Waals surface area contributed by atoms with E-state index >= 15 is 0 Å². The molecule has 0 saturated heterocycles. The van der Waals surface area contributed by atoms with E-state index < -0.39 is 10.0 Å². The fraction of sp³-hybridized carbons (Fsp3) is 0.462. The lowest BCUT2D eigenvalue weighted by Gasteiger charge is -2.27. The minimum absolute atomic E-state index is 0.00910. The molecule has 0 heterocycles. The lowest BCUT2D eigenvalue weighted by atomic mass is 9.86. The summed E-state index contributed by atoms with van der Waals surface area (Å²) < 4.78 is 27.1. The third kappa shape index (κ3) is 3.64. The molecule has 1 aliphatic carbocycles. The molecule has 116 valence electrons. The normalized spacial score (nSPS) is 22.9. The van der Waals surface area contributed by atoms with Crippen molar-refractivity contribution in [3.63, 3.8) is 0 Å². The quantitative estimate of drug-likeness (QED) is 0.468. The summed E-state index contributed by atoms with van der Waals surface area (Å²) in [6.45, 7) is 0. The molecular formula is C13H19N3O4S. The van der Waals surface area contributed by atoms with Crippen molar-refractivity contribution in [2.24, 2.45) is 11.7 Å². The van der Waals surface area contributed by atoms with Crippen LogP contribution >= 0.6 is 0 Å². The summed E-state index contributed by atoms with van der Waals surface area (Å²) in [7, 11) is -3.69. The van der Waals surface area contributed by atoms with Crippen molar-refractivity contribution in [2.45, 2.75) is 36.6 Å². The molecule has 6 N–H and O–H groups in total. The number of nitrogens with one attached hydrogen (secondary N) is 1. The van der Waals surface area contributed by atoms with Gasteiger partial charge < -0.3 is 16.6 Å². The maximum Gasteiger partial charge on any atom is 0.240 e. The van der Waals surface area contributed by atoms with Gasteiger partial charge in [-0.25, -0.2) is 13.1 Å². The molecule has 0 aliphatic heterocycles. The van der Waals surface area contributed by atoms with Crippen molar-refractivity contribution >= 4 is 21.6 Å². The zero-order valence-corrected chi connectivity index (χ0v) is 12.3. The first-order valence-corrected chi connectivity index (χ1v) is 8.18. The molecule has 2 rings (SSSR count). The lowest BCUT2D eigenvalue weighted by Crippen LogP contribution is -2.39. The van der Waals surface area contributed by atoms with Crippen LogP contribution in [0.3, 0.4) is 0 Å². The number of nitrogen functional groups attached to an aromatic ring is 1. The molecule has 1 aromatic carbocycles. The van der Waals surface area contributed by atoms with E-state index in [9.17, 15) is 18.3 Å². The number of hydrogen-bond donors (Lipinski definition) is 4. The van der Waals surface area contributed by atoms with Gasteiger partial charge in [0.05, 0.1) is 10.6 Å². The van der Waals surface area contributed by atoms with Gasteiger partial charge in [-0.05, 0) is 43.9 Å². The van der Waals surface area contributed by atoms with Gasteiger partial charge in [-0.15, -0.1) is 0 Å². The van der Waals surface area contributed by atoms with Crippen molar-refractivity contribution < 1.29 is 18.3 Å². The Bertz CT molecular complexity index is 637. The highest BCUT2D eigenvalue weighted by Crippen LogP contribution is 2.27. The average molecular weight is 313 g/mol. The van der Waals surface area contributed by atoms with Crippen LogP contribution in [-0.4, -0.2) is 25.5 Å². The minimum atomic E-state index is -3.69. The van der Waals surface area contributed by atoms with Crippen molar-refractivity contribution in [3.05, 3.63) is 18.2 Å². The fourth-order valence-corrected chi connectivity index (χ4v) is 3.82. The Morgan fingerprint density at radius 2 is 1.86 bits per heavy atom. The van der Waals surface area contributed by atoms with Gasteiger partial charge in [0, 0.05) is 12.0 Å². The molecule has 1 aromatic rings. The second kappa shape index (κ2) is 5.90. The molecule has 0 aromatic heterocycles. The van der Waals surface area contributed by atoms with E-state index in [1.54, 1.807) is 0 Å². The summed E-state index contributed by atoms with van der Waals surface area (Å²) >= 11 is 0. The largest absolute Gasteiger partial charge is 0.506 e. The van der Waals surface area contributed by atoms with Gasteiger partial charge in [0.2, 0.25) is 15.9 Å². The van der Waals surface area contributed by atoms with Gasteiger partial charge in [0.25, 0.3) is 0 Å². The third-order valence-electron chi connectivity index (χ3n) is 3.76. The molecule has 8 heteroatoms. The third-order valence-corrected chi connectivity index (χ3v) is 5.28. The summed E-state index contributed by atoms with van der Waals surface area (Å²) in [6, 6.07) is 3.53. The monoisotopic (exact) mass is 313 g/mol. The molecule has 1 aliphatic rings. The number of phenolic OH excluding ortho intramolecular Hbond substituents is 1. The fourth-order valence-electron chi connectivity index (χ4n) is 2.48. The number of amides is 1. The smallest absolute Gasteiger partial charge is 0.240 e. The number of benzene rings is 1.